The molecule has 2 N–H and O–H groups in total. The van der Waals surface area contributed by atoms with Gasteiger partial charge in [-0.15, -0.1) is 11.3 Å². The third kappa shape index (κ3) is 4.63. The Hall–Kier alpha value is -1.37. The molecule has 6 heteroatoms. The Kier molecular flexibility index (Phi) is 6.04. The van der Waals surface area contributed by atoms with Crippen LogP contribution in [-0.2, 0) is 11.2 Å². The highest BCUT2D eigenvalue weighted by Gasteiger charge is 2.04. The first-order valence-corrected chi connectivity index (χ1v) is 8.17. The third-order valence-corrected chi connectivity index (χ3v) is 4.59. The number of amides is 2. The van der Waals surface area contributed by atoms with Crippen molar-refractivity contribution < 1.29 is 9.53 Å². The first-order chi connectivity index (χ1) is 9.79. The number of carbonyl (C=O) groups excluding carboxylic acids is 1. The van der Waals surface area contributed by atoms with Crippen molar-refractivity contribution in [2.24, 2.45) is 0 Å². The molecule has 20 heavy (non-hydrogen) atoms. The highest BCUT2D eigenvalue weighted by Crippen LogP contribution is 2.29. The summed E-state index contributed by atoms with van der Waals surface area (Å²) in [7, 11) is 1.61. The lowest BCUT2D eigenvalue weighted by Crippen LogP contribution is -2.38. The molecule has 108 valence electrons. The molecule has 0 bridgehead atoms. The van der Waals surface area contributed by atoms with E-state index in [1.165, 1.54) is 15.3 Å². The Balaban J connectivity index is 1.71. The van der Waals surface area contributed by atoms with Crippen LogP contribution in [-0.4, -0.2) is 32.8 Å². The van der Waals surface area contributed by atoms with Crippen LogP contribution in [0.1, 0.15) is 4.88 Å². The van der Waals surface area contributed by atoms with Gasteiger partial charge in [0, 0.05) is 35.5 Å². The number of methoxy groups -OCH3 is 1. The predicted molar refractivity (Wildman–Crippen MR) is 84.6 cm³/mol. The van der Waals surface area contributed by atoms with Gasteiger partial charge in [0.05, 0.1) is 6.61 Å². The number of hydrogen-bond donors (Lipinski definition) is 2. The van der Waals surface area contributed by atoms with E-state index in [1.54, 1.807) is 29.8 Å². The van der Waals surface area contributed by atoms with Crippen LogP contribution in [0.3, 0.4) is 0 Å². The van der Waals surface area contributed by atoms with Gasteiger partial charge in [0.2, 0.25) is 0 Å². The lowest BCUT2D eigenvalue weighted by Gasteiger charge is -2.06. The van der Waals surface area contributed by atoms with Gasteiger partial charge < -0.3 is 15.4 Å². The fourth-order valence-electron chi connectivity index (χ4n) is 1.70. The van der Waals surface area contributed by atoms with Gasteiger partial charge in [-0.05, 0) is 35.4 Å². The quantitative estimate of drug-likeness (QED) is 0.773. The standard InChI is InChI=1S/C14H18N2O2S2/c1-18-8-7-16-14(17)15-6-4-12-2-3-13(20-12)11-5-9-19-10-11/h2-3,5,9-10H,4,6-8H2,1H3,(H2,15,16,17). The summed E-state index contributed by atoms with van der Waals surface area (Å²) < 4.78 is 4.86. The summed E-state index contributed by atoms with van der Waals surface area (Å²) in [6.07, 6.45) is 0.854. The van der Waals surface area contributed by atoms with E-state index in [0.717, 1.165) is 6.42 Å². The molecule has 0 aliphatic heterocycles. The number of rotatable bonds is 7. The van der Waals surface area contributed by atoms with Crippen LogP contribution in [0.25, 0.3) is 10.4 Å². The van der Waals surface area contributed by atoms with Gasteiger partial charge in [0.15, 0.2) is 0 Å². The van der Waals surface area contributed by atoms with E-state index in [2.05, 4.69) is 39.6 Å². The van der Waals surface area contributed by atoms with Crippen LogP contribution >= 0.6 is 22.7 Å². The highest BCUT2D eigenvalue weighted by atomic mass is 32.1. The lowest BCUT2D eigenvalue weighted by atomic mass is 10.3. The van der Waals surface area contributed by atoms with Gasteiger partial charge in [-0.25, -0.2) is 4.79 Å². The second-order valence-corrected chi connectivity index (χ2v) is 6.15. The first kappa shape index (κ1) is 15.0. The molecule has 0 saturated carbocycles. The predicted octanol–water partition coefficient (Wildman–Crippen LogP) is 2.96. The molecule has 0 spiro atoms. The Labute approximate surface area is 126 Å². The van der Waals surface area contributed by atoms with Crippen molar-refractivity contribution in [3.05, 3.63) is 33.8 Å². The van der Waals surface area contributed by atoms with Crippen LogP contribution in [0.4, 0.5) is 4.79 Å². The number of ether oxygens (including phenoxy) is 1. The highest BCUT2D eigenvalue weighted by molar-refractivity contribution is 7.16. The lowest BCUT2D eigenvalue weighted by molar-refractivity contribution is 0.196. The number of carbonyl (C=O) groups is 1. The Morgan fingerprint density at radius 1 is 1.25 bits per heavy atom. The van der Waals surface area contributed by atoms with Crippen LogP contribution in [0.2, 0.25) is 0 Å². The molecule has 0 aliphatic rings. The SMILES string of the molecule is COCCNC(=O)NCCc1ccc(-c2ccsc2)s1. The van der Waals surface area contributed by atoms with E-state index in [4.69, 9.17) is 4.74 Å². The first-order valence-electron chi connectivity index (χ1n) is 6.41. The molecule has 2 heterocycles. The number of urea groups is 1. The van der Waals surface area contributed by atoms with Crippen molar-refractivity contribution in [3.8, 4) is 10.4 Å². The zero-order chi connectivity index (χ0) is 14.2. The minimum absolute atomic E-state index is 0.142. The van der Waals surface area contributed by atoms with Crippen molar-refractivity contribution in [3.63, 3.8) is 0 Å². The number of hydrogen-bond acceptors (Lipinski definition) is 4. The summed E-state index contributed by atoms with van der Waals surface area (Å²) in [4.78, 5) is 14.0. The molecule has 2 aromatic rings. The van der Waals surface area contributed by atoms with Crippen molar-refractivity contribution in [1.82, 2.24) is 10.6 Å². The van der Waals surface area contributed by atoms with Gasteiger partial charge in [0.1, 0.15) is 0 Å². The third-order valence-electron chi connectivity index (χ3n) is 2.72. The average Bonchev–Trinajstić information content (AvgIpc) is 3.09. The fraction of sp³-hybridized carbons (Fsp3) is 0.357. The Morgan fingerprint density at radius 2 is 2.10 bits per heavy atom. The number of thiophene rings is 2. The van der Waals surface area contributed by atoms with E-state index in [-0.39, 0.29) is 6.03 Å². The van der Waals surface area contributed by atoms with E-state index in [9.17, 15) is 4.79 Å². The van der Waals surface area contributed by atoms with Gasteiger partial charge >= 0.3 is 6.03 Å². The summed E-state index contributed by atoms with van der Waals surface area (Å²) in [5.74, 6) is 0. The van der Waals surface area contributed by atoms with Crippen LogP contribution < -0.4 is 10.6 Å². The van der Waals surface area contributed by atoms with E-state index in [1.807, 2.05) is 0 Å². The maximum Gasteiger partial charge on any atom is 0.314 e. The summed E-state index contributed by atoms with van der Waals surface area (Å²) in [6, 6.07) is 6.25. The number of nitrogens with one attached hydrogen (secondary N) is 2. The topological polar surface area (TPSA) is 50.4 Å². The van der Waals surface area contributed by atoms with Crippen LogP contribution in [0.5, 0.6) is 0 Å². The van der Waals surface area contributed by atoms with Gasteiger partial charge in [-0.2, -0.15) is 11.3 Å². The smallest absolute Gasteiger partial charge is 0.314 e. The summed E-state index contributed by atoms with van der Waals surface area (Å²) >= 11 is 3.48. The van der Waals surface area contributed by atoms with E-state index in [0.29, 0.717) is 19.7 Å². The van der Waals surface area contributed by atoms with Crippen LogP contribution in [0.15, 0.2) is 29.0 Å². The summed E-state index contributed by atoms with van der Waals surface area (Å²) in [5, 5.41) is 9.80. The molecule has 0 fully saturated rings. The molecule has 0 aliphatic carbocycles. The zero-order valence-corrected chi connectivity index (χ0v) is 13.0. The van der Waals surface area contributed by atoms with Crippen molar-refractivity contribution in [2.75, 3.05) is 26.8 Å². The Morgan fingerprint density at radius 3 is 2.85 bits per heavy atom. The molecule has 0 aromatic carbocycles. The molecule has 4 nitrogen and oxygen atoms in total. The molecule has 0 radical (unpaired) electrons. The van der Waals surface area contributed by atoms with Gasteiger partial charge in [0.25, 0.3) is 0 Å². The monoisotopic (exact) mass is 310 g/mol. The molecule has 2 amide bonds. The van der Waals surface area contributed by atoms with Gasteiger partial charge in [-0.1, -0.05) is 0 Å². The maximum absolute atomic E-state index is 11.4. The fourth-order valence-corrected chi connectivity index (χ4v) is 3.43. The van der Waals surface area contributed by atoms with Crippen molar-refractivity contribution in [1.29, 1.82) is 0 Å². The molecular weight excluding hydrogens is 292 g/mol. The zero-order valence-electron chi connectivity index (χ0n) is 11.3. The second kappa shape index (κ2) is 8.04. The molecule has 0 saturated heterocycles. The van der Waals surface area contributed by atoms with E-state index < -0.39 is 0 Å². The molecule has 0 atom stereocenters. The minimum atomic E-state index is -0.142. The second-order valence-electron chi connectivity index (χ2n) is 4.20. The normalized spacial score (nSPS) is 10.4. The molecule has 0 unspecified atom stereocenters. The van der Waals surface area contributed by atoms with Crippen molar-refractivity contribution >= 4 is 28.7 Å². The maximum atomic E-state index is 11.4. The minimum Gasteiger partial charge on any atom is -0.383 e. The summed E-state index contributed by atoms with van der Waals surface area (Å²) in [5.41, 5.74) is 1.27. The van der Waals surface area contributed by atoms with Gasteiger partial charge in [-0.3, -0.25) is 0 Å². The van der Waals surface area contributed by atoms with Crippen LogP contribution in [0, 0.1) is 0 Å². The van der Waals surface area contributed by atoms with E-state index >= 15 is 0 Å². The van der Waals surface area contributed by atoms with Crippen molar-refractivity contribution in [2.45, 2.75) is 6.42 Å². The largest absolute Gasteiger partial charge is 0.383 e. The molecule has 2 aromatic heterocycles. The Bertz CT molecular complexity index is 523. The molecular formula is C14H18N2O2S2. The summed E-state index contributed by atoms with van der Waals surface area (Å²) in [6.45, 7) is 1.70. The average molecular weight is 310 g/mol. The molecule has 2 rings (SSSR count).